The lowest BCUT2D eigenvalue weighted by Gasteiger charge is -2.37. The normalized spacial score (nSPS) is 25.5. The molecule has 1 aromatic carbocycles. The van der Waals surface area contributed by atoms with Crippen LogP contribution in [-0.2, 0) is 4.74 Å². The van der Waals surface area contributed by atoms with Crippen molar-refractivity contribution in [2.24, 2.45) is 0 Å². The second-order valence-corrected chi connectivity index (χ2v) is 6.80. The Morgan fingerprint density at radius 2 is 1.83 bits per heavy atom. The summed E-state index contributed by atoms with van der Waals surface area (Å²) in [7, 11) is 1.99. The van der Waals surface area contributed by atoms with Gasteiger partial charge in [0.25, 0.3) is 0 Å². The van der Waals surface area contributed by atoms with Crippen molar-refractivity contribution in [2.75, 3.05) is 33.2 Å². The number of rotatable bonds is 6. The summed E-state index contributed by atoms with van der Waals surface area (Å²) in [6.45, 7) is 9.16. The quantitative estimate of drug-likeness (QED) is 0.871. The van der Waals surface area contributed by atoms with Crippen molar-refractivity contribution in [1.29, 1.82) is 0 Å². The second-order valence-electron chi connectivity index (χ2n) is 6.80. The molecule has 1 aliphatic heterocycles. The molecule has 1 saturated heterocycles. The molecular formula is C18H29FN2O2. The smallest absolute Gasteiger partial charge is 0.123 e. The summed E-state index contributed by atoms with van der Waals surface area (Å²) in [4.78, 5) is 4.37. The van der Waals surface area contributed by atoms with Gasteiger partial charge in [0.05, 0.1) is 18.3 Å². The zero-order chi connectivity index (χ0) is 17.0. The molecule has 23 heavy (non-hydrogen) atoms. The van der Waals surface area contributed by atoms with Crippen LogP contribution in [0, 0.1) is 5.82 Å². The topological polar surface area (TPSA) is 35.9 Å². The lowest BCUT2D eigenvalue weighted by molar-refractivity contribution is -0.0781. The number of morpholine rings is 1. The summed E-state index contributed by atoms with van der Waals surface area (Å²) in [6, 6.07) is 6.69. The van der Waals surface area contributed by atoms with E-state index in [-0.39, 0.29) is 24.1 Å². The van der Waals surface area contributed by atoms with Crippen LogP contribution in [0.1, 0.15) is 32.4 Å². The minimum atomic E-state index is -0.416. The Hall–Kier alpha value is -1.01. The fourth-order valence-electron chi connectivity index (χ4n) is 3.28. The molecule has 4 unspecified atom stereocenters. The zero-order valence-corrected chi connectivity index (χ0v) is 14.6. The molecule has 1 fully saturated rings. The number of likely N-dealkylation sites (N-methyl/N-ethyl adjacent to an activating group) is 1. The monoisotopic (exact) mass is 324 g/mol. The summed E-state index contributed by atoms with van der Waals surface area (Å²) in [6.07, 6.45) is 0.00374. The van der Waals surface area contributed by atoms with Crippen LogP contribution < -0.4 is 0 Å². The summed E-state index contributed by atoms with van der Waals surface area (Å²) in [5, 5.41) is 10.4. The van der Waals surface area contributed by atoms with Crippen LogP contribution in [0.25, 0.3) is 0 Å². The van der Waals surface area contributed by atoms with E-state index in [2.05, 4.69) is 30.6 Å². The number of aliphatic hydroxyl groups is 1. The Bertz CT molecular complexity index is 472. The number of ether oxygens (including phenoxy) is 1. The second kappa shape index (κ2) is 8.20. The molecule has 1 heterocycles. The number of hydrogen-bond acceptors (Lipinski definition) is 4. The first-order valence-corrected chi connectivity index (χ1v) is 8.36. The molecule has 4 atom stereocenters. The van der Waals surface area contributed by atoms with Gasteiger partial charge < -0.3 is 9.84 Å². The van der Waals surface area contributed by atoms with Crippen LogP contribution in [0.4, 0.5) is 4.39 Å². The van der Waals surface area contributed by atoms with Crippen LogP contribution in [-0.4, -0.2) is 66.4 Å². The van der Waals surface area contributed by atoms with E-state index in [1.165, 1.54) is 12.1 Å². The number of halogens is 1. The van der Waals surface area contributed by atoms with Gasteiger partial charge in [0, 0.05) is 32.2 Å². The van der Waals surface area contributed by atoms with Crippen molar-refractivity contribution in [3.05, 3.63) is 35.6 Å². The maximum Gasteiger partial charge on any atom is 0.123 e. The van der Waals surface area contributed by atoms with Crippen molar-refractivity contribution >= 4 is 0 Å². The molecule has 130 valence electrons. The molecule has 1 N–H and O–H groups in total. The predicted octanol–water partition coefficient (Wildman–Crippen LogP) is 2.29. The van der Waals surface area contributed by atoms with Gasteiger partial charge in [-0.25, -0.2) is 4.39 Å². The molecule has 4 nitrogen and oxygen atoms in total. The first-order chi connectivity index (χ1) is 10.8. The van der Waals surface area contributed by atoms with Gasteiger partial charge in [0.1, 0.15) is 5.82 Å². The molecule has 0 aliphatic carbocycles. The van der Waals surface area contributed by atoms with Crippen LogP contribution in [0.5, 0.6) is 0 Å². The number of aliphatic hydroxyl groups excluding tert-OH is 1. The van der Waals surface area contributed by atoms with Crippen LogP contribution >= 0.6 is 0 Å². The van der Waals surface area contributed by atoms with Gasteiger partial charge in [-0.2, -0.15) is 0 Å². The van der Waals surface area contributed by atoms with E-state index in [0.29, 0.717) is 13.1 Å². The fraction of sp³-hybridized carbons (Fsp3) is 0.667. The highest BCUT2D eigenvalue weighted by atomic mass is 19.1. The van der Waals surface area contributed by atoms with E-state index in [1.807, 2.05) is 7.05 Å². The number of β-amino-alcohol motifs (C(OH)–C–C–N with tert-alkyl or cyclic N) is 1. The Balaban J connectivity index is 1.84. The molecule has 1 aromatic rings. The first-order valence-electron chi connectivity index (χ1n) is 8.36. The lowest BCUT2D eigenvalue weighted by Crippen LogP contribution is -2.49. The molecule has 0 amide bonds. The molecule has 0 aromatic heterocycles. The Kier molecular flexibility index (Phi) is 6.53. The van der Waals surface area contributed by atoms with Gasteiger partial charge in [-0.15, -0.1) is 0 Å². The van der Waals surface area contributed by atoms with Crippen molar-refractivity contribution in [3.8, 4) is 0 Å². The van der Waals surface area contributed by atoms with Crippen LogP contribution in [0.2, 0.25) is 0 Å². The van der Waals surface area contributed by atoms with E-state index < -0.39 is 6.10 Å². The minimum absolute atomic E-state index is 0.132. The fourth-order valence-corrected chi connectivity index (χ4v) is 3.28. The van der Waals surface area contributed by atoms with Crippen molar-refractivity contribution in [3.63, 3.8) is 0 Å². The van der Waals surface area contributed by atoms with Gasteiger partial charge in [-0.3, -0.25) is 9.80 Å². The maximum atomic E-state index is 13.0. The van der Waals surface area contributed by atoms with E-state index in [9.17, 15) is 9.50 Å². The van der Waals surface area contributed by atoms with Gasteiger partial charge in [0.15, 0.2) is 0 Å². The van der Waals surface area contributed by atoms with E-state index >= 15 is 0 Å². The first kappa shape index (κ1) is 18.3. The van der Waals surface area contributed by atoms with Gasteiger partial charge in [-0.1, -0.05) is 12.1 Å². The predicted molar refractivity (Wildman–Crippen MR) is 89.9 cm³/mol. The molecule has 0 saturated carbocycles. The zero-order valence-electron chi connectivity index (χ0n) is 14.6. The number of benzene rings is 1. The average molecular weight is 324 g/mol. The molecule has 0 spiro atoms. The highest BCUT2D eigenvalue weighted by molar-refractivity contribution is 5.19. The molecule has 0 radical (unpaired) electrons. The summed E-state index contributed by atoms with van der Waals surface area (Å²) in [5.41, 5.74) is 1.05. The van der Waals surface area contributed by atoms with Crippen LogP contribution in [0.15, 0.2) is 24.3 Å². The van der Waals surface area contributed by atoms with Gasteiger partial charge in [-0.05, 0) is 45.5 Å². The van der Waals surface area contributed by atoms with E-state index in [4.69, 9.17) is 4.74 Å². The van der Waals surface area contributed by atoms with E-state index in [1.54, 1.807) is 12.1 Å². The van der Waals surface area contributed by atoms with Crippen molar-refractivity contribution in [2.45, 2.75) is 45.1 Å². The van der Waals surface area contributed by atoms with Gasteiger partial charge in [0.2, 0.25) is 0 Å². The SMILES string of the molecule is CC1CN(CC(O)CN(C)C(C)c2ccc(F)cc2)CC(C)O1. The third-order valence-electron chi connectivity index (χ3n) is 4.48. The van der Waals surface area contributed by atoms with Crippen LogP contribution in [0.3, 0.4) is 0 Å². The molecular weight excluding hydrogens is 295 g/mol. The number of nitrogens with zero attached hydrogens (tertiary/aromatic N) is 2. The third-order valence-corrected chi connectivity index (χ3v) is 4.48. The summed E-state index contributed by atoms with van der Waals surface area (Å²) in [5.74, 6) is -0.223. The van der Waals surface area contributed by atoms with Gasteiger partial charge >= 0.3 is 0 Å². The Labute approximate surface area is 138 Å². The Morgan fingerprint density at radius 1 is 1.26 bits per heavy atom. The highest BCUT2D eigenvalue weighted by Gasteiger charge is 2.24. The highest BCUT2D eigenvalue weighted by Crippen LogP contribution is 2.19. The summed E-state index contributed by atoms with van der Waals surface area (Å²) >= 11 is 0. The minimum Gasteiger partial charge on any atom is -0.390 e. The number of hydrogen-bond donors (Lipinski definition) is 1. The molecule has 0 bridgehead atoms. The van der Waals surface area contributed by atoms with Crippen molar-refractivity contribution < 1.29 is 14.2 Å². The summed E-state index contributed by atoms with van der Waals surface area (Å²) < 4.78 is 18.7. The van der Waals surface area contributed by atoms with E-state index in [0.717, 1.165) is 18.7 Å². The largest absolute Gasteiger partial charge is 0.390 e. The maximum absolute atomic E-state index is 13.0. The molecule has 1 aliphatic rings. The average Bonchev–Trinajstić information content (AvgIpc) is 2.45. The molecule has 5 heteroatoms. The Morgan fingerprint density at radius 3 is 2.39 bits per heavy atom. The third kappa shape index (κ3) is 5.53. The molecule has 2 rings (SSSR count). The van der Waals surface area contributed by atoms with Crippen molar-refractivity contribution in [1.82, 2.24) is 9.80 Å². The standard InChI is InChI=1S/C18H29FN2O2/c1-13-9-21(10-14(2)23-13)12-18(22)11-20(4)15(3)16-5-7-17(19)8-6-16/h5-8,13-15,18,22H,9-12H2,1-4H3. The lowest BCUT2D eigenvalue weighted by atomic mass is 10.1.